The fourth-order valence-corrected chi connectivity index (χ4v) is 3.19. The van der Waals surface area contributed by atoms with Gasteiger partial charge in [0, 0.05) is 26.1 Å². The van der Waals surface area contributed by atoms with Gasteiger partial charge in [0.2, 0.25) is 0 Å². The molecule has 0 saturated heterocycles. The van der Waals surface area contributed by atoms with Gasteiger partial charge in [0.25, 0.3) is 0 Å². The van der Waals surface area contributed by atoms with Crippen LogP contribution in [0.15, 0.2) is 60.7 Å². The maximum Gasteiger partial charge on any atom is 0.318 e. The number of carbonyl (C=O) groups excluding carboxylic acids is 1. The number of benzene rings is 2. The quantitative estimate of drug-likeness (QED) is 0.789. The van der Waals surface area contributed by atoms with E-state index in [4.69, 9.17) is 0 Å². The normalized spacial score (nSPS) is 13.3. The number of nitrogens with zero attached hydrogens (tertiary/aromatic N) is 4. The lowest BCUT2D eigenvalue weighted by atomic mass is 10.1. The zero-order valence-electron chi connectivity index (χ0n) is 14.5. The Balaban J connectivity index is 1.38. The summed E-state index contributed by atoms with van der Waals surface area (Å²) < 4.78 is 2.13. The molecular formula is C20H21N5O. The Morgan fingerprint density at radius 3 is 2.35 bits per heavy atom. The first-order valence-electron chi connectivity index (χ1n) is 8.81. The molecule has 2 aromatic carbocycles. The number of nitrogens with one attached hydrogen (secondary N) is 1. The number of aromatic nitrogens is 3. The van der Waals surface area contributed by atoms with E-state index in [0.717, 1.165) is 30.2 Å². The first-order chi connectivity index (χ1) is 12.8. The number of fused-ring (bicyclic) bond motifs is 1. The molecule has 1 aliphatic heterocycles. The summed E-state index contributed by atoms with van der Waals surface area (Å²) >= 11 is 0. The summed E-state index contributed by atoms with van der Waals surface area (Å²) in [5.74, 6) is 1.80. The van der Waals surface area contributed by atoms with Crippen LogP contribution in [-0.4, -0.2) is 32.2 Å². The van der Waals surface area contributed by atoms with Crippen LogP contribution in [0.5, 0.6) is 0 Å². The van der Waals surface area contributed by atoms with Crippen molar-refractivity contribution in [2.75, 3.05) is 6.54 Å². The average Bonchev–Trinajstić information content (AvgIpc) is 3.10. The van der Waals surface area contributed by atoms with Crippen molar-refractivity contribution >= 4 is 6.03 Å². The number of urea groups is 1. The van der Waals surface area contributed by atoms with Gasteiger partial charge in [0.1, 0.15) is 5.82 Å². The highest BCUT2D eigenvalue weighted by atomic mass is 16.2. The van der Waals surface area contributed by atoms with E-state index in [2.05, 4.69) is 32.2 Å². The lowest BCUT2D eigenvalue weighted by Crippen LogP contribution is -2.44. The molecule has 0 atom stereocenters. The standard InChI is InChI=1S/C20H21N5O/c26-20(21-14-17-9-5-2-6-10-17)24-11-12-25-18(22-23-19(25)15-24)13-16-7-3-1-4-8-16/h1-10H,11-15H2,(H,21,26). The molecule has 2 amide bonds. The minimum absolute atomic E-state index is 0.0623. The summed E-state index contributed by atoms with van der Waals surface area (Å²) in [6.45, 7) is 2.40. The van der Waals surface area contributed by atoms with Gasteiger partial charge in [-0.1, -0.05) is 60.7 Å². The number of rotatable bonds is 4. The molecule has 6 heteroatoms. The number of carbonyl (C=O) groups is 1. The van der Waals surface area contributed by atoms with Gasteiger partial charge in [-0.15, -0.1) is 10.2 Å². The Bertz CT molecular complexity index is 876. The first kappa shape index (κ1) is 16.3. The number of hydrogen-bond donors (Lipinski definition) is 1. The summed E-state index contributed by atoms with van der Waals surface area (Å²) in [7, 11) is 0. The Morgan fingerprint density at radius 1 is 0.923 bits per heavy atom. The third-order valence-corrected chi connectivity index (χ3v) is 4.61. The maximum atomic E-state index is 12.4. The van der Waals surface area contributed by atoms with E-state index in [-0.39, 0.29) is 6.03 Å². The molecule has 1 N–H and O–H groups in total. The minimum Gasteiger partial charge on any atom is -0.334 e. The smallest absolute Gasteiger partial charge is 0.318 e. The van der Waals surface area contributed by atoms with Crippen molar-refractivity contribution in [3.63, 3.8) is 0 Å². The van der Waals surface area contributed by atoms with Gasteiger partial charge in [-0.25, -0.2) is 4.79 Å². The molecule has 0 fully saturated rings. The highest BCUT2D eigenvalue weighted by Crippen LogP contribution is 2.15. The maximum absolute atomic E-state index is 12.4. The van der Waals surface area contributed by atoms with Crippen molar-refractivity contribution < 1.29 is 4.79 Å². The van der Waals surface area contributed by atoms with Crippen molar-refractivity contribution in [3.8, 4) is 0 Å². The largest absolute Gasteiger partial charge is 0.334 e. The van der Waals surface area contributed by atoms with E-state index >= 15 is 0 Å². The fraction of sp³-hybridized carbons (Fsp3) is 0.250. The van der Waals surface area contributed by atoms with Crippen molar-refractivity contribution in [3.05, 3.63) is 83.4 Å². The van der Waals surface area contributed by atoms with Crippen molar-refractivity contribution in [1.82, 2.24) is 25.0 Å². The second-order valence-corrected chi connectivity index (χ2v) is 6.41. The summed E-state index contributed by atoms with van der Waals surface area (Å²) in [5.41, 5.74) is 2.30. The third-order valence-electron chi connectivity index (χ3n) is 4.61. The molecule has 132 valence electrons. The van der Waals surface area contributed by atoms with Gasteiger partial charge in [-0.3, -0.25) is 0 Å². The minimum atomic E-state index is -0.0623. The van der Waals surface area contributed by atoms with Crippen LogP contribution in [0.1, 0.15) is 22.8 Å². The highest BCUT2D eigenvalue weighted by Gasteiger charge is 2.24. The van der Waals surface area contributed by atoms with Crippen LogP contribution in [0.4, 0.5) is 4.79 Å². The van der Waals surface area contributed by atoms with Crippen molar-refractivity contribution in [2.45, 2.75) is 26.1 Å². The van der Waals surface area contributed by atoms with Crippen molar-refractivity contribution in [1.29, 1.82) is 0 Å². The van der Waals surface area contributed by atoms with Crippen LogP contribution >= 0.6 is 0 Å². The first-order valence-corrected chi connectivity index (χ1v) is 8.81. The Labute approximate surface area is 152 Å². The van der Waals surface area contributed by atoms with Crippen LogP contribution in [0, 0.1) is 0 Å². The predicted octanol–water partition coefficient (Wildman–Crippen LogP) is 2.59. The van der Waals surface area contributed by atoms with Gasteiger partial charge in [0.05, 0.1) is 6.54 Å². The summed E-state index contributed by atoms with van der Waals surface area (Å²) in [6, 6.07) is 20.1. The average molecular weight is 347 g/mol. The topological polar surface area (TPSA) is 63.1 Å². The molecule has 1 aromatic heterocycles. The monoisotopic (exact) mass is 347 g/mol. The van der Waals surface area contributed by atoms with Crippen LogP contribution in [0.3, 0.4) is 0 Å². The molecule has 4 rings (SSSR count). The van der Waals surface area contributed by atoms with Crippen LogP contribution in [0.2, 0.25) is 0 Å². The second-order valence-electron chi connectivity index (χ2n) is 6.41. The molecule has 0 aliphatic carbocycles. The zero-order valence-corrected chi connectivity index (χ0v) is 14.5. The Hall–Kier alpha value is -3.15. The summed E-state index contributed by atoms with van der Waals surface area (Å²) in [4.78, 5) is 14.2. The molecule has 0 unspecified atom stereocenters. The number of amides is 2. The Kier molecular flexibility index (Phi) is 4.64. The van der Waals surface area contributed by atoms with E-state index in [0.29, 0.717) is 19.6 Å². The second kappa shape index (κ2) is 7.39. The molecular weight excluding hydrogens is 326 g/mol. The molecule has 3 aromatic rings. The van der Waals surface area contributed by atoms with Crippen LogP contribution < -0.4 is 5.32 Å². The molecule has 0 spiro atoms. The fourth-order valence-electron chi connectivity index (χ4n) is 3.19. The lowest BCUT2D eigenvalue weighted by molar-refractivity contribution is 0.181. The van der Waals surface area contributed by atoms with E-state index in [1.54, 1.807) is 4.90 Å². The predicted molar refractivity (Wildman–Crippen MR) is 98.4 cm³/mol. The molecule has 1 aliphatic rings. The van der Waals surface area contributed by atoms with Gasteiger partial charge < -0.3 is 14.8 Å². The Morgan fingerprint density at radius 2 is 1.62 bits per heavy atom. The molecule has 0 saturated carbocycles. The van der Waals surface area contributed by atoms with Crippen molar-refractivity contribution in [2.24, 2.45) is 0 Å². The van der Waals surface area contributed by atoms with E-state index in [9.17, 15) is 4.79 Å². The van der Waals surface area contributed by atoms with Gasteiger partial charge in [-0.05, 0) is 11.1 Å². The molecule has 6 nitrogen and oxygen atoms in total. The van der Waals surface area contributed by atoms with E-state index < -0.39 is 0 Å². The number of hydrogen-bond acceptors (Lipinski definition) is 3. The molecule has 0 bridgehead atoms. The molecule has 0 radical (unpaired) electrons. The van der Waals surface area contributed by atoms with Gasteiger partial charge in [-0.2, -0.15) is 0 Å². The summed E-state index contributed by atoms with van der Waals surface area (Å²) in [6.07, 6.45) is 0.758. The third kappa shape index (κ3) is 3.59. The van der Waals surface area contributed by atoms with Crippen LogP contribution in [-0.2, 0) is 26.1 Å². The highest BCUT2D eigenvalue weighted by molar-refractivity contribution is 5.74. The van der Waals surface area contributed by atoms with Gasteiger partial charge in [0.15, 0.2) is 5.82 Å². The van der Waals surface area contributed by atoms with E-state index in [1.165, 1.54) is 5.56 Å². The van der Waals surface area contributed by atoms with E-state index in [1.807, 2.05) is 48.5 Å². The lowest BCUT2D eigenvalue weighted by Gasteiger charge is -2.28. The molecule has 26 heavy (non-hydrogen) atoms. The van der Waals surface area contributed by atoms with Crippen LogP contribution in [0.25, 0.3) is 0 Å². The zero-order chi connectivity index (χ0) is 17.8. The van der Waals surface area contributed by atoms with Gasteiger partial charge >= 0.3 is 6.03 Å². The SMILES string of the molecule is O=C(NCc1ccccc1)N1CCn2c(Cc3ccccc3)nnc2C1. The molecule has 2 heterocycles. The summed E-state index contributed by atoms with van der Waals surface area (Å²) in [5, 5.41) is 11.6.